The van der Waals surface area contributed by atoms with Gasteiger partial charge in [-0.1, -0.05) is 30.3 Å². The molecule has 0 aliphatic rings. The number of imidazole rings is 1. The summed E-state index contributed by atoms with van der Waals surface area (Å²) in [4.78, 5) is 4.84. The molecule has 2 aromatic carbocycles. The molecule has 0 aliphatic carbocycles. The van der Waals surface area contributed by atoms with E-state index in [9.17, 15) is 0 Å². The Labute approximate surface area is 203 Å². The standard InChI is InChI=1S/C26H24N3O2.HI/c1-17-27-26-22(28(17)2)12-13-29-23(15-19-14-20(30-3)10-11-25(19)31-4)21(16-24(26)29)18-8-6-5-7-9-18;/h5-16H,1-4H3;1H/q+1;/p-1/b23-15-;. The summed E-state index contributed by atoms with van der Waals surface area (Å²) in [5.41, 5.74) is 6.44. The Kier molecular flexibility index (Phi) is 6.06. The van der Waals surface area contributed by atoms with Crippen molar-refractivity contribution in [3.05, 3.63) is 83.6 Å². The molecule has 0 bridgehead atoms. The van der Waals surface area contributed by atoms with Gasteiger partial charge in [0.1, 0.15) is 17.0 Å². The fourth-order valence-electron chi connectivity index (χ4n) is 4.13. The highest BCUT2D eigenvalue weighted by molar-refractivity contribution is 5.91. The molecule has 6 heteroatoms. The average Bonchev–Trinajstić information content (AvgIpc) is 3.31. The summed E-state index contributed by atoms with van der Waals surface area (Å²) in [6.45, 7) is 2.03. The van der Waals surface area contributed by atoms with Gasteiger partial charge in [0.2, 0.25) is 5.52 Å². The van der Waals surface area contributed by atoms with Gasteiger partial charge in [0.15, 0.2) is 5.52 Å². The molecular formula is C26H24IN3O2. The van der Waals surface area contributed by atoms with Crippen LogP contribution in [0, 0.1) is 6.92 Å². The second kappa shape index (κ2) is 8.78. The Morgan fingerprint density at radius 1 is 0.969 bits per heavy atom. The van der Waals surface area contributed by atoms with E-state index in [4.69, 9.17) is 14.5 Å². The van der Waals surface area contributed by atoms with E-state index in [2.05, 4.69) is 64.7 Å². The van der Waals surface area contributed by atoms with Gasteiger partial charge in [0.25, 0.3) is 5.82 Å². The van der Waals surface area contributed by atoms with Crippen LogP contribution in [-0.4, -0.2) is 23.6 Å². The van der Waals surface area contributed by atoms with E-state index >= 15 is 0 Å². The van der Waals surface area contributed by atoms with Gasteiger partial charge in [-0.25, -0.2) is 4.57 Å². The van der Waals surface area contributed by atoms with Crippen LogP contribution >= 0.6 is 0 Å². The van der Waals surface area contributed by atoms with Gasteiger partial charge in [-0.3, -0.25) is 0 Å². The van der Waals surface area contributed by atoms with Crippen molar-refractivity contribution < 1.29 is 38.0 Å². The van der Waals surface area contributed by atoms with Crippen LogP contribution in [0.4, 0.5) is 0 Å². The quantitative estimate of drug-likeness (QED) is 0.252. The zero-order valence-corrected chi connectivity index (χ0v) is 20.6. The molecule has 0 fully saturated rings. The van der Waals surface area contributed by atoms with Crippen LogP contribution in [0.5, 0.6) is 11.5 Å². The van der Waals surface area contributed by atoms with Gasteiger partial charge in [0.05, 0.1) is 26.6 Å². The highest BCUT2D eigenvalue weighted by Crippen LogP contribution is 2.27. The molecule has 0 saturated heterocycles. The molecule has 3 aromatic heterocycles. The maximum absolute atomic E-state index is 5.63. The first-order valence-corrected chi connectivity index (χ1v) is 10.2. The van der Waals surface area contributed by atoms with Crippen LogP contribution in [0.1, 0.15) is 11.4 Å². The molecule has 5 rings (SSSR count). The maximum Gasteiger partial charge on any atom is 0.296 e. The average molecular weight is 537 g/mol. The number of methoxy groups -OCH3 is 2. The van der Waals surface area contributed by atoms with Gasteiger partial charge in [0, 0.05) is 30.3 Å². The lowest BCUT2D eigenvalue weighted by Gasteiger charge is -2.07. The van der Waals surface area contributed by atoms with E-state index in [0.29, 0.717) is 0 Å². The lowest BCUT2D eigenvalue weighted by Crippen LogP contribution is -3.00. The Hall–Kier alpha value is -3.13. The summed E-state index contributed by atoms with van der Waals surface area (Å²) < 4.78 is 15.4. The summed E-state index contributed by atoms with van der Waals surface area (Å²) in [7, 11) is 5.41. The van der Waals surface area contributed by atoms with Crippen LogP contribution in [0.3, 0.4) is 0 Å². The minimum absolute atomic E-state index is 0. The molecule has 0 unspecified atom stereocenters. The summed E-state index contributed by atoms with van der Waals surface area (Å²) in [5.74, 6) is 2.58. The van der Waals surface area contributed by atoms with Crippen molar-refractivity contribution in [1.29, 1.82) is 0 Å². The van der Waals surface area contributed by atoms with E-state index in [1.807, 2.05) is 31.2 Å². The van der Waals surface area contributed by atoms with Gasteiger partial charge in [-0.2, -0.15) is 0 Å². The number of benzene rings is 2. The number of nitrogens with zero attached hydrogens (tertiary/aromatic N) is 3. The van der Waals surface area contributed by atoms with Crippen molar-refractivity contribution in [2.24, 2.45) is 7.05 Å². The molecule has 0 spiro atoms. The van der Waals surface area contributed by atoms with E-state index in [1.54, 1.807) is 14.2 Å². The van der Waals surface area contributed by atoms with Crippen LogP contribution in [0.2, 0.25) is 0 Å². The normalized spacial score (nSPS) is 11.7. The highest BCUT2D eigenvalue weighted by atomic mass is 127. The van der Waals surface area contributed by atoms with Gasteiger partial charge >= 0.3 is 0 Å². The second-order valence-corrected chi connectivity index (χ2v) is 7.58. The van der Waals surface area contributed by atoms with Crippen LogP contribution in [0.15, 0.2) is 66.9 Å². The molecule has 0 N–H and O–H groups in total. The summed E-state index contributed by atoms with van der Waals surface area (Å²) in [5, 5.41) is 1.07. The third-order valence-electron chi connectivity index (χ3n) is 5.88. The predicted octanol–water partition coefficient (Wildman–Crippen LogP) is 0.856. The smallest absolute Gasteiger partial charge is 0.296 e. The molecular weight excluding hydrogens is 513 g/mol. The number of hydrogen-bond acceptors (Lipinski definition) is 3. The number of halogens is 1. The van der Waals surface area contributed by atoms with E-state index in [-0.39, 0.29) is 24.0 Å². The molecule has 3 heterocycles. The predicted molar refractivity (Wildman–Crippen MR) is 122 cm³/mol. The molecule has 0 aliphatic heterocycles. The number of aromatic nitrogens is 3. The van der Waals surface area contributed by atoms with E-state index in [0.717, 1.165) is 55.9 Å². The molecule has 5 nitrogen and oxygen atoms in total. The van der Waals surface area contributed by atoms with Gasteiger partial charge in [-0.15, -0.1) is 0 Å². The van der Waals surface area contributed by atoms with Crippen LogP contribution in [0.25, 0.3) is 33.8 Å². The van der Waals surface area contributed by atoms with E-state index < -0.39 is 0 Å². The maximum atomic E-state index is 5.63. The fourth-order valence-corrected chi connectivity index (χ4v) is 4.13. The van der Waals surface area contributed by atoms with Gasteiger partial charge in [-0.05, 0) is 40.9 Å². The number of rotatable bonds is 4. The first kappa shape index (κ1) is 22.1. The molecule has 162 valence electrons. The van der Waals surface area contributed by atoms with Crippen molar-refractivity contribution >= 4 is 22.6 Å². The summed E-state index contributed by atoms with van der Waals surface area (Å²) >= 11 is 0. The molecule has 0 radical (unpaired) electrons. The molecule has 0 saturated carbocycles. The molecule has 0 atom stereocenters. The van der Waals surface area contributed by atoms with Crippen molar-refractivity contribution in [2.45, 2.75) is 6.92 Å². The lowest BCUT2D eigenvalue weighted by molar-refractivity contribution is -0.651. The Balaban J connectivity index is 0.00000245. The van der Waals surface area contributed by atoms with E-state index in [1.165, 1.54) is 0 Å². The lowest BCUT2D eigenvalue weighted by atomic mass is 10.1. The second-order valence-electron chi connectivity index (χ2n) is 7.58. The van der Waals surface area contributed by atoms with Crippen molar-refractivity contribution in [3.8, 4) is 22.6 Å². The van der Waals surface area contributed by atoms with Crippen molar-refractivity contribution in [3.63, 3.8) is 0 Å². The third-order valence-corrected chi connectivity index (χ3v) is 5.88. The summed E-state index contributed by atoms with van der Waals surface area (Å²) in [6, 6.07) is 20.6. The first-order chi connectivity index (χ1) is 15.1. The van der Waals surface area contributed by atoms with Crippen molar-refractivity contribution in [2.75, 3.05) is 14.2 Å². The molecule has 5 aromatic rings. The fraction of sp³-hybridized carbons (Fsp3) is 0.154. The topological polar surface area (TPSA) is 39.6 Å². The third kappa shape index (κ3) is 3.58. The first-order valence-electron chi connectivity index (χ1n) is 10.2. The zero-order chi connectivity index (χ0) is 21.5. The number of aryl methyl sites for hydroxylation is 2. The Morgan fingerprint density at radius 2 is 1.75 bits per heavy atom. The number of ether oxygens (including phenoxy) is 2. The highest BCUT2D eigenvalue weighted by Gasteiger charge is 2.20. The Morgan fingerprint density at radius 3 is 2.47 bits per heavy atom. The molecule has 32 heavy (non-hydrogen) atoms. The number of pyridine rings is 1. The van der Waals surface area contributed by atoms with Crippen molar-refractivity contribution in [1.82, 2.24) is 9.38 Å². The monoisotopic (exact) mass is 537 g/mol. The largest absolute Gasteiger partial charge is 1.00 e. The molecule has 0 amide bonds. The minimum Gasteiger partial charge on any atom is -1.00 e. The number of hydrogen-bond donors (Lipinski definition) is 0. The zero-order valence-electron chi connectivity index (χ0n) is 18.5. The summed E-state index contributed by atoms with van der Waals surface area (Å²) in [6.07, 6.45) is 4.27. The number of fused-ring (bicyclic) bond motifs is 3. The van der Waals surface area contributed by atoms with Crippen LogP contribution < -0.4 is 43.4 Å². The minimum atomic E-state index is 0. The van der Waals surface area contributed by atoms with Crippen LogP contribution in [-0.2, 0) is 7.05 Å². The van der Waals surface area contributed by atoms with Gasteiger partial charge < -0.3 is 37.9 Å². The SMILES string of the molecule is COc1ccc(OC)c(/C=c2/c(-c3ccccc3)cc3c4nc(C)[n+](C)c4ccn23)c1.[I-]. The Bertz CT molecular complexity index is 1480.